The van der Waals surface area contributed by atoms with E-state index in [0.717, 1.165) is 0 Å². The number of nitro groups is 1. The van der Waals surface area contributed by atoms with E-state index < -0.39 is 4.92 Å². The molecule has 0 amide bonds. The summed E-state index contributed by atoms with van der Waals surface area (Å²) < 4.78 is 1.42. The van der Waals surface area contributed by atoms with Crippen molar-refractivity contribution in [3.05, 3.63) is 21.8 Å². The molecule has 2 rings (SSSR count). The lowest BCUT2D eigenvalue weighted by atomic mass is 10.4. The van der Waals surface area contributed by atoms with Crippen molar-refractivity contribution in [3.63, 3.8) is 0 Å². The Hall–Kier alpha value is -1.83. The van der Waals surface area contributed by atoms with Crippen molar-refractivity contribution < 1.29 is 4.92 Å². The molecule has 2 heterocycles. The molecule has 0 bridgehead atoms. The van der Waals surface area contributed by atoms with Crippen LogP contribution in [0.1, 0.15) is 0 Å². The summed E-state index contributed by atoms with van der Waals surface area (Å²) in [5.74, 6) is 0. The summed E-state index contributed by atoms with van der Waals surface area (Å²) in [5, 5.41) is 22.3. The summed E-state index contributed by atoms with van der Waals surface area (Å²) >= 11 is 1.24. The number of rotatable bonds is 2. The minimum Gasteiger partial charge on any atom is -0.259 e. The quantitative estimate of drug-likeness (QED) is 0.542. The van der Waals surface area contributed by atoms with Crippen molar-refractivity contribution in [2.45, 2.75) is 0 Å². The van der Waals surface area contributed by atoms with Gasteiger partial charge in [0.2, 0.25) is 0 Å². The van der Waals surface area contributed by atoms with Crippen LogP contribution in [0.5, 0.6) is 0 Å². The van der Waals surface area contributed by atoms with Crippen molar-refractivity contribution >= 4 is 17.0 Å². The number of nitrogens with zero attached hydrogens (tertiary/aromatic N) is 5. The molecule has 0 atom stereocenters. The Labute approximate surface area is 82.2 Å². The van der Waals surface area contributed by atoms with Crippen LogP contribution in [-0.2, 0) is 7.05 Å². The molecule has 72 valence electrons. The maximum atomic E-state index is 10.6. The van der Waals surface area contributed by atoms with Crippen molar-refractivity contribution in [2.24, 2.45) is 7.05 Å². The summed E-state index contributed by atoms with van der Waals surface area (Å²) in [6, 6.07) is 0. The van der Waals surface area contributed by atoms with Gasteiger partial charge >= 0.3 is 5.69 Å². The fourth-order valence-corrected chi connectivity index (χ4v) is 1.72. The lowest BCUT2D eigenvalue weighted by Gasteiger charge is -1.94. The summed E-state index contributed by atoms with van der Waals surface area (Å²) in [6.45, 7) is 0. The Kier molecular flexibility index (Phi) is 1.97. The van der Waals surface area contributed by atoms with Crippen LogP contribution in [0.25, 0.3) is 10.7 Å². The van der Waals surface area contributed by atoms with Gasteiger partial charge in [-0.1, -0.05) is 11.3 Å². The zero-order valence-corrected chi connectivity index (χ0v) is 7.93. The Bertz CT molecular complexity index is 463. The summed E-state index contributed by atoms with van der Waals surface area (Å²) in [5.41, 5.74) is 1.85. The third-order valence-electron chi connectivity index (χ3n) is 1.68. The molecule has 0 aromatic carbocycles. The van der Waals surface area contributed by atoms with Gasteiger partial charge in [-0.15, -0.1) is 10.2 Å². The highest BCUT2D eigenvalue weighted by atomic mass is 32.1. The monoisotopic (exact) mass is 211 g/mol. The van der Waals surface area contributed by atoms with E-state index in [-0.39, 0.29) is 5.69 Å². The first-order valence-electron chi connectivity index (χ1n) is 3.63. The summed E-state index contributed by atoms with van der Waals surface area (Å²) in [6.07, 6.45) is 1.21. The summed E-state index contributed by atoms with van der Waals surface area (Å²) in [7, 11) is 1.63. The molecule has 2 aromatic rings. The van der Waals surface area contributed by atoms with Crippen LogP contribution < -0.4 is 0 Å². The van der Waals surface area contributed by atoms with Crippen LogP contribution >= 0.6 is 11.3 Å². The first-order valence-corrected chi connectivity index (χ1v) is 4.51. The fourth-order valence-electron chi connectivity index (χ4n) is 1.08. The fraction of sp³-hybridized carbons (Fsp3) is 0.167. The second-order valence-electron chi connectivity index (χ2n) is 2.50. The van der Waals surface area contributed by atoms with Gasteiger partial charge in [0, 0.05) is 7.05 Å². The molecule has 0 aliphatic carbocycles. The van der Waals surface area contributed by atoms with Gasteiger partial charge in [0.25, 0.3) is 0 Å². The molecule has 0 saturated heterocycles. The Morgan fingerprint density at radius 2 is 2.43 bits per heavy atom. The lowest BCUT2D eigenvalue weighted by Crippen LogP contribution is -1.95. The molecule has 0 aliphatic heterocycles. The van der Waals surface area contributed by atoms with Crippen LogP contribution in [0.3, 0.4) is 0 Å². The standard InChI is InChI=1S/C6H5N5O2S/c1-10-5(6-9-7-3-14-6)4(2-8-10)11(12)13/h2-3H,1H3. The van der Waals surface area contributed by atoms with Crippen LogP contribution in [0, 0.1) is 10.1 Å². The number of hydrogen-bond acceptors (Lipinski definition) is 6. The minimum absolute atomic E-state index is 0.0516. The van der Waals surface area contributed by atoms with Gasteiger partial charge in [-0.2, -0.15) is 5.10 Å². The van der Waals surface area contributed by atoms with E-state index in [1.165, 1.54) is 27.7 Å². The highest BCUT2D eigenvalue weighted by Gasteiger charge is 2.22. The number of aromatic nitrogens is 4. The third kappa shape index (κ3) is 1.25. The molecular formula is C6H5N5O2S. The van der Waals surface area contributed by atoms with E-state index in [4.69, 9.17) is 0 Å². The van der Waals surface area contributed by atoms with Crippen molar-refractivity contribution in [2.75, 3.05) is 0 Å². The second kappa shape index (κ2) is 3.14. The first kappa shape index (κ1) is 8.75. The van der Waals surface area contributed by atoms with Gasteiger partial charge in [-0.3, -0.25) is 14.8 Å². The van der Waals surface area contributed by atoms with Gasteiger partial charge in [0.1, 0.15) is 11.7 Å². The molecule has 0 saturated carbocycles. The molecular weight excluding hydrogens is 206 g/mol. The van der Waals surface area contributed by atoms with Crippen LogP contribution in [0.15, 0.2) is 11.7 Å². The first-order chi connectivity index (χ1) is 6.70. The summed E-state index contributed by atoms with van der Waals surface area (Å²) in [4.78, 5) is 10.2. The Morgan fingerprint density at radius 3 is 3.00 bits per heavy atom. The number of aryl methyl sites for hydroxylation is 1. The van der Waals surface area contributed by atoms with Crippen LogP contribution in [0.2, 0.25) is 0 Å². The molecule has 0 spiro atoms. The van der Waals surface area contributed by atoms with Gasteiger partial charge < -0.3 is 0 Å². The lowest BCUT2D eigenvalue weighted by molar-refractivity contribution is -0.384. The zero-order chi connectivity index (χ0) is 10.1. The Balaban J connectivity index is 2.62. The molecule has 7 nitrogen and oxygen atoms in total. The highest BCUT2D eigenvalue weighted by molar-refractivity contribution is 7.12. The van der Waals surface area contributed by atoms with E-state index in [1.54, 1.807) is 7.05 Å². The van der Waals surface area contributed by atoms with Gasteiger partial charge in [0.05, 0.1) is 4.92 Å². The van der Waals surface area contributed by atoms with E-state index in [0.29, 0.717) is 10.7 Å². The predicted octanol–water partition coefficient (Wildman–Crippen LogP) is 0.847. The van der Waals surface area contributed by atoms with Crippen molar-refractivity contribution in [1.29, 1.82) is 0 Å². The molecule has 0 fully saturated rings. The highest BCUT2D eigenvalue weighted by Crippen LogP contribution is 2.29. The maximum Gasteiger partial charge on any atom is 0.317 e. The number of hydrogen-bond donors (Lipinski definition) is 0. The zero-order valence-electron chi connectivity index (χ0n) is 7.12. The van der Waals surface area contributed by atoms with Crippen LogP contribution in [-0.4, -0.2) is 24.9 Å². The predicted molar refractivity (Wildman–Crippen MR) is 48.8 cm³/mol. The van der Waals surface area contributed by atoms with Crippen LogP contribution in [0.4, 0.5) is 5.69 Å². The van der Waals surface area contributed by atoms with Crippen molar-refractivity contribution in [1.82, 2.24) is 20.0 Å². The largest absolute Gasteiger partial charge is 0.317 e. The van der Waals surface area contributed by atoms with E-state index in [9.17, 15) is 10.1 Å². The third-order valence-corrected chi connectivity index (χ3v) is 2.38. The van der Waals surface area contributed by atoms with Gasteiger partial charge in [-0.05, 0) is 0 Å². The molecule has 8 heteroatoms. The van der Waals surface area contributed by atoms with E-state index in [1.807, 2.05) is 0 Å². The molecule has 0 radical (unpaired) electrons. The molecule has 14 heavy (non-hydrogen) atoms. The molecule has 0 unspecified atom stereocenters. The maximum absolute atomic E-state index is 10.6. The molecule has 0 aliphatic rings. The van der Waals surface area contributed by atoms with Crippen molar-refractivity contribution in [3.8, 4) is 10.7 Å². The van der Waals surface area contributed by atoms with Gasteiger partial charge in [0.15, 0.2) is 10.7 Å². The van der Waals surface area contributed by atoms with E-state index >= 15 is 0 Å². The average Bonchev–Trinajstić information content (AvgIpc) is 2.71. The Morgan fingerprint density at radius 1 is 1.64 bits per heavy atom. The second-order valence-corrected chi connectivity index (χ2v) is 3.34. The SMILES string of the molecule is Cn1ncc([N+](=O)[O-])c1-c1nncs1. The normalized spacial score (nSPS) is 10.4. The average molecular weight is 211 g/mol. The minimum atomic E-state index is -0.482. The molecule has 0 N–H and O–H groups in total. The smallest absolute Gasteiger partial charge is 0.259 e. The van der Waals surface area contributed by atoms with Gasteiger partial charge in [-0.25, -0.2) is 0 Å². The van der Waals surface area contributed by atoms with E-state index in [2.05, 4.69) is 15.3 Å². The topological polar surface area (TPSA) is 86.7 Å². The molecule has 2 aromatic heterocycles.